The number of esters is 1. The van der Waals surface area contributed by atoms with Crippen LogP contribution in [0.15, 0.2) is 16.4 Å². The van der Waals surface area contributed by atoms with Crippen LogP contribution >= 0.6 is 11.3 Å². The van der Waals surface area contributed by atoms with Gasteiger partial charge in [-0.05, 0) is 36.3 Å². The summed E-state index contributed by atoms with van der Waals surface area (Å²) in [5.41, 5.74) is 1.48. The number of fused-ring (bicyclic) bond motifs is 1. The highest BCUT2D eigenvalue weighted by molar-refractivity contribution is 7.10. The molecule has 3 atom stereocenters. The van der Waals surface area contributed by atoms with Crippen LogP contribution in [-0.2, 0) is 22.5 Å². The molecule has 1 aromatic heterocycles. The molecule has 0 aliphatic carbocycles. The highest BCUT2D eigenvalue weighted by Crippen LogP contribution is 2.26. The lowest BCUT2D eigenvalue weighted by molar-refractivity contribution is -0.145. The van der Waals surface area contributed by atoms with Crippen molar-refractivity contribution in [1.82, 2.24) is 15.1 Å². The number of likely N-dealkylation sites (tertiary alicyclic amines) is 1. The van der Waals surface area contributed by atoms with Crippen LogP contribution in [0.5, 0.6) is 0 Å². The molecule has 3 heterocycles. The third-order valence-corrected chi connectivity index (χ3v) is 6.67. The zero-order valence-electron chi connectivity index (χ0n) is 16.2. The summed E-state index contributed by atoms with van der Waals surface area (Å²) in [6.07, 6.45) is 1.15. The van der Waals surface area contributed by atoms with E-state index in [0.717, 1.165) is 38.6 Å². The molecule has 1 saturated heterocycles. The van der Waals surface area contributed by atoms with Gasteiger partial charge in [0.05, 0.1) is 13.0 Å². The number of nitrogens with one attached hydrogen (secondary N) is 1. The maximum atomic E-state index is 11.9. The first-order chi connectivity index (χ1) is 12.5. The molecule has 2 aliphatic heterocycles. The van der Waals surface area contributed by atoms with Crippen molar-refractivity contribution in [3.8, 4) is 0 Å². The summed E-state index contributed by atoms with van der Waals surface area (Å²) in [7, 11) is 3.27. The van der Waals surface area contributed by atoms with E-state index in [0.29, 0.717) is 12.6 Å². The molecule has 0 spiro atoms. The summed E-state index contributed by atoms with van der Waals surface area (Å²) in [6, 6.07) is 2.68. The summed E-state index contributed by atoms with van der Waals surface area (Å²) in [5.74, 6) is 0.958. The van der Waals surface area contributed by atoms with Gasteiger partial charge in [-0.1, -0.05) is 6.92 Å². The number of rotatable bonds is 4. The standard InChI is InChI=1S/C19H30N4O2S/c1-13-10-23(12-16(13)18(24)25-4)19(20-3)21-9-14(2)22-7-5-17-15(11-22)6-8-26-17/h6,8,13-14,16H,5,7,9-12H2,1-4H3,(H,20,21). The molecule has 144 valence electrons. The lowest BCUT2D eigenvalue weighted by Crippen LogP contribution is -2.48. The van der Waals surface area contributed by atoms with Gasteiger partial charge in [-0.25, -0.2) is 0 Å². The molecule has 1 fully saturated rings. The van der Waals surface area contributed by atoms with Crippen LogP contribution in [0.2, 0.25) is 0 Å². The smallest absolute Gasteiger partial charge is 0.310 e. The zero-order chi connectivity index (χ0) is 18.7. The van der Waals surface area contributed by atoms with Crippen molar-refractivity contribution in [2.75, 3.05) is 40.3 Å². The number of hydrogen-bond acceptors (Lipinski definition) is 5. The van der Waals surface area contributed by atoms with Crippen molar-refractivity contribution in [3.63, 3.8) is 0 Å². The Hall–Kier alpha value is -1.60. The second kappa shape index (κ2) is 8.39. The monoisotopic (exact) mass is 378 g/mol. The molecule has 0 saturated carbocycles. The van der Waals surface area contributed by atoms with E-state index < -0.39 is 0 Å². The molecule has 2 aliphatic rings. The molecule has 3 rings (SSSR count). The van der Waals surface area contributed by atoms with Crippen LogP contribution in [0.3, 0.4) is 0 Å². The normalized spacial score (nSPS) is 25.1. The van der Waals surface area contributed by atoms with Gasteiger partial charge in [0.2, 0.25) is 0 Å². The average molecular weight is 379 g/mol. The molecule has 3 unspecified atom stereocenters. The van der Waals surface area contributed by atoms with E-state index in [1.165, 1.54) is 17.6 Å². The first-order valence-electron chi connectivity index (χ1n) is 9.36. The number of carbonyl (C=O) groups excluding carboxylic acids is 1. The van der Waals surface area contributed by atoms with Gasteiger partial charge in [-0.3, -0.25) is 14.7 Å². The number of aliphatic imine (C=N–C) groups is 1. The average Bonchev–Trinajstić information content (AvgIpc) is 3.27. The third-order valence-electron chi connectivity index (χ3n) is 5.64. The minimum atomic E-state index is -0.122. The SMILES string of the molecule is CN=C(NCC(C)N1CCc2sccc2C1)N1CC(C)C(C(=O)OC)C1. The predicted octanol–water partition coefficient (Wildman–Crippen LogP) is 1.81. The number of hydrogen-bond donors (Lipinski definition) is 1. The topological polar surface area (TPSA) is 57.2 Å². The highest BCUT2D eigenvalue weighted by Gasteiger charge is 2.37. The number of carbonyl (C=O) groups is 1. The minimum absolute atomic E-state index is 0.0740. The zero-order valence-corrected chi connectivity index (χ0v) is 17.0. The Morgan fingerprint density at radius 1 is 1.50 bits per heavy atom. The molecule has 1 N–H and O–H groups in total. The lowest BCUT2D eigenvalue weighted by atomic mass is 9.99. The summed E-state index contributed by atoms with van der Waals surface area (Å²) >= 11 is 1.88. The fourth-order valence-corrected chi connectivity index (χ4v) is 4.83. The number of guanidine groups is 1. The molecule has 0 aromatic carbocycles. The molecule has 0 bridgehead atoms. The summed E-state index contributed by atoms with van der Waals surface area (Å²) in [5, 5.41) is 5.71. The molecule has 26 heavy (non-hydrogen) atoms. The number of methoxy groups -OCH3 is 1. The van der Waals surface area contributed by atoms with Gasteiger partial charge in [0.15, 0.2) is 5.96 Å². The molecule has 6 nitrogen and oxygen atoms in total. The molecule has 7 heteroatoms. The van der Waals surface area contributed by atoms with Gasteiger partial charge >= 0.3 is 5.97 Å². The Balaban J connectivity index is 1.52. The maximum absolute atomic E-state index is 11.9. The first kappa shape index (κ1) is 19.2. The Bertz CT molecular complexity index is 660. The van der Waals surface area contributed by atoms with E-state index in [2.05, 4.69) is 45.4 Å². The van der Waals surface area contributed by atoms with E-state index in [1.807, 2.05) is 18.4 Å². The van der Waals surface area contributed by atoms with Gasteiger partial charge in [0, 0.05) is 50.7 Å². The van der Waals surface area contributed by atoms with Crippen LogP contribution in [0.1, 0.15) is 24.3 Å². The van der Waals surface area contributed by atoms with Crippen molar-refractivity contribution in [3.05, 3.63) is 21.9 Å². The largest absolute Gasteiger partial charge is 0.469 e. The highest BCUT2D eigenvalue weighted by atomic mass is 32.1. The van der Waals surface area contributed by atoms with Crippen LogP contribution < -0.4 is 5.32 Å². The second-order valence-corrected chi connectivity index (χ2v) is 8.38. The van der Waals surface area contributed by atoms with Gasteiger partial charge < -0.3 is 15.0 Å². The molecule has 0 radical (unpaired) electrons. The van der Waals surface area contributed by atoms with E-state index in [1.54, 1.807) is 0 Å². The number of thiophene rings is 1. The first-order valence-corrected chi connectivity index (χ1v) is 10.2. The fourth-order valence-electron chi connectivity index (χ4n) is 3.94. The quantitative estimate of drug-likeness (QED) is 0.492. The Labute approximate surface area is 160 Å². The molecule has 0 amide bonds. The second-order valence-electron chi connectivity index (χ2n) is 7.38. The molecule has 1 aromatic rings. The van der Waals surface area contributed by atoms with E-state index in [9.17, 15) is 4.79 Å². The van der Waals surface area contributed by atoms with Crippen LogP contribution in [-0.4, -0.2) is 68.1 Å². The van der Waals surface area contributed by atoms with Crippen molar-refractivity contribution in [2.24, 2.45) is 16.8 Å². The molecular weight excluding hydrogens is 348 g/mol. The third kappa shape index (κ3) is 4.04. The van der Waals surface area contributed by atoms with Crippen molar-refractivity contribution in [2.45, 2.75) is 32.9 Å². The van der Waals surface area contributed by atoms with Gasteiger partial charge in [0.1, 0.15) is 0 Å². The van der Waals surface area contributed by atoms with Crippen molar-refractivity contribution >= 4 is 23.3 Å². The summed E-state index contributed by atoms with van der Waals surface area (Å²) in [4.78, 5) is 22.6. The number of nitrogens with zero attached hydrogens (tertiary/aromatic N) is 3. The van der Waals surface area contributed by atoms with Gasteiger partial charge in [-0.2, -0.15) is 0 Å². The van der Waals surface area contributed by atoms with Crippen molar-refractivity contribution in [1.29, 1.82) is 0 Å². The van der Waals surface area contributed by atoms with Crippen LogP contribution in [0, 0.1) is 11.8 Å². The van der Waals surface area contributed by atoms with Crippen LogP contribution in [0.4, 0.5) is 0 Å². The minimum Gasteiger partial charge on any atom is -0.469 e. The van der Waals surface area contributed by atoms with Gasteiger partial charge in [-0.15, -0.1) is 11.3 Å². The van der Waals surface area contributed by atoms with Crippen LogP contribution in [0.25, 0.3) is 0 Å². The summed E-state index contributed by atoms with van der Waals surface area (Å²) < 4.78 is 4.93. The van der Waals surface area contributed by atoms with E-state index in [4.69, 9.17) is 4.74 Å². The Morgan fingerprint density at radius 2 is 2.31 bits per heavy atom. The Kier molecular flexibility index (Phi) is 6.19. The lowest BCUT2D eigenvalue weighted by Gasteiger charge is -2.33. The maximum Gasteiger partial charge on any atom is 0.310 e. The molecular formula is C19H30N4O2S. The van der Waals surface area contributed by atoms with E-state index in [-0.39, 0.29) is 17.8 Å². The fraction of sp³-hybridized carbons (Fsp3) is 0.684. The van der Waals surface area contributed by atoms with E-state index >= 15 is 0 Å². The summed E-state index contributed by atoms with van der Waals surface area (Å²) in [6.45, 7) is 8.86. The Morgan fingerprint density at radius 3 is 3.04 bits per heavy atom. The van der Waals surface area contributed by atoms with Gasteiger partial charge in [0.25, 0.3) is 0 Å². The van der Waals surface area contributed by atoms with Crippen molar-refractivity contribution < 1.29 is 9.53 Å². The predicted molar refractivity (Wildman–Crippen MR) is 105 cm³/mol. The number of ether oxygens (including phenoxy) is 1.